The summed E-state index contributed by atoms with van der Waals surface area (Å²) in [6, 6.07) is 9.01. The van der Waals surface area contributed by atoms with Crippen LogP contribution in [0.25, 0.3) is 10.9 Å². The van der Waals surface area contributed by atoms with Crippen molar-refractivity contribution in [1.82, 2.24) is 14.9 Å². The van der Waals surface area contributed by atoms with Crippen LogP contribution in [0.4, 0.5) is 4.39 Å². The molecule has 0 bridgehead atoms. The molecule has 2 aromatic heterocycles. The molecule has 3 aromatic rings. The van der Waals surface area contributed by atoms with Crippen molar-refractivity contribution < 1.29 is 14.0 Å². The van der Waals surface area contributed by atoms with E-state index in [1.807, 2.05) is 30.5 Å². The lowest BCUT2D eigenvalue weighted by Gasteiger charge is -2.28. The second-order valence-electron chi connectivity index (χ2n) is 7.57. The number of aromatic nitrogens is 2. The zero-order chi connectivity index (χ0) is 20.5. The van der Waals surface area contributed by atoms with Crippen LogP contribution in [0.1, 0.15) is 45.5 Å². The zero-order valence-electron chi connectivity index (χ0n) is 16.1. The van der Waals surface area contributed by atoms with Gasteiger partial charge in [-0.05, 0) is 42.5 Å². The number of hydrogen-bond donors (Lipinski definition) is 2. The van der Waals surface area contributed by atoms with Gasteiger partial charge in [0.2, 0.25) is 0 Å². The van der Waals surface area contributed by atoms with Gasteiger partial charge in [-0.3, -0.25) is 14.4 Å². The van der Waals surface area contributed by atoms with Gasteiger partial charge in [-0.15, -0.1) is 0 Å². The molecule has 0 saturated heterocycles. The number of ketones is 1. The number of rotatable bonds is 6. The van der Waals surface area contributed by atoms with Gasteiger partial charge in [0, 0.05) is 42.3 Å². The summed E-state index contributed by atoms with van der Waals surface area (Å²) in [6.07, 6.45) is 3.51. The Morgan fingerprint density at radius 3 is 2.79 bits per heavy atom. The Labute approximate surface area is 166 Å². The second kappa shape index (κ2) is 7.66. The lowest BCUT2D eigenvalue weighted by Crippen LogP contribution is -2.33. The Bertz CT molecular complexity index is 1140. The lowest BCUT2D eigenvalue weighted by molar-refractivity contribution is 0.0839. The van der Waals surface area contributed by atoms with E-state index in [9.17, 15) is 18.8 Å². The maximum atomic E-state index is 13.1. The Hall–Kier alpha value is -3.22. The van der Waals surface area contributed by atoms with Gasteiger partial charge in [0.1, 0.15) is 11.7 Å². The Morgan fingerprint density at radius 1 is 1.28 bits per heavy atom. The number of H-pyrrole nitrogens is 1. The highest BCUT2D eigenvalue weighted by atomic mass is 19.1. The minimum atomic E-state index is -0.829. The van der Waals surface area contributed by atoms with Gasteiger partial charge < -0.3 is 14.9 Å². The monoisotopic (exact) mass is 395 g/mol. The molecule has 0 radical (unpaired) electrons. The molecule has 1 amide bonds. The van der Waals surface area contributed by atoms with E-state index >= 15 is 0 Å². The summed E-state index contributed by atoms with van der Waals surface area (Å²) in [5.41, 5.74) is 1.61. The van der Waals surface area contributed by atoms with E-state index in [0.717, 1.165) is 16.5 Å². The van der Waals surface area contributed by atoms with Crippen molar-refractivity contribution in [3.05, 3.63) is 69.8 Å². The number of fused-ring (bicyclic) bond motifs is 1. The number of carbonyl (C=O) groups excluding carboxylic acids is 2. The number of halogens is 1. The smallest absolute Gasteiger partial charge is 0.263 e. The molecule has 1 fully saturated rings. The Balaban J connectivity index is 1.72. The van der Waals surface area contributed by atoms with E-state index in [1.165, 1.54) is 23.9 Å². The fraction of sp³-hybridized carbons (Fsp3) is 0.318. The molecule has 1 aromatic carbocycles. The lowest BCUT2D eigenvalue weighted by atomic mass is 9.79. The number of nitrogens with one attached hydrogen (secondary N) is 2. The molecule has 0 spiro atoms. The number of Topliss-reactive ketones (excluding diaryl/α,β-unsaturated/α-hetero) is 1. The molecule has 1 aliphatic carbocycles. The van der Waals surface area contributed by atoms with E-state index in [4.69, 9.17) is 0 Å². The van der Waals surface area contributed by atoms with E-state index in [2.05, 4.69) is 10.3 Å². The summed E-state index contributed by atoms with van der Waals surface area (Å²) in [5.74, 6) is -0.693. The summed E-state index contributed by atoms with van der Waals surface area (Å²) in [6.45, 7) is 0.231. The number of alkyl halides is 1. The van der Waals surface area contributed by atoms with Crippen molar-refractivity contribution >= 4 is 22.6 Å². The van der Waals surface area contributed by atoms with Crippen LogP contribution in [-0.4, -0.2) is 34.5 Å². The highest BCUT2D eigenvalue weighted by molar-refractivity contribution is 6.00. The van der Waals surface area contributed by atoms with Crippen LogP contribution >= 0.6 is 0 Å². The minimum absolute atomic E-state index is 0.0231. The molecule has 1 saturated carbocycles. The predicted octanol–water partition coefficient (Wildman–Crippen LogP) is 3.06. The summed E-state index contributed by atoms with van der Waals surface area (Å²) in [4.78, 5) is 41.0. The topological polar surface area (TPSA) is 84.0 Å². The third kappa shape index (κ3) is 3.72. The van der Waals surface area contributed by atoms with Gasteiger partial charge in [-0.1, -0.05) is 12.1 Å². The summed E-state index contributed by atoms with van der Waals surface area (Å²) in [7, 11) is 1.44. The second-order valence-corrected chi connectivity index (χ2v) is 7.57. The average molecular weight is 395 g/mol. The van der Waals surface area contributed by atoms with E-state index in [1.54, 1.807) is 0 Å². The van der Waals surface area contributed by atoms with Gasteiger partial charge in [0.05, 0.1) is 6.54 Å². The molecule has 0 aliphatic heterocycles. The quantitative estimate of drug-likeness (QED) is 0.629. The summed E-state index contributed by atoms with van der Waals surface area (Å²) >= 11 is 0. The van der Waals surface area contributed by atoms with Crippen LogP contribution in [-0.2, 0) is 6.54 Å². The summed E-state index contributed by atoms with van der Waals surface area (Å²) < 4.78 is 14.5. The molecule has 1 aliphatic rings. The third-order valence-electron chi connectivity index (χ3n) is 5.56. The maximum absolute atomic E-state index is 13.1. The van der Waals surface area contributed by atoms with Gasteiger partial charge in [-0.2, -0.15) is 0 Å². The molecule has 7 heteroatoms. The van der Waals surface area contributed by atoms with Crippen molar-refractivity contribution in [3.8, 4) is 0 Å². The number of pyridine rings is 1. The number of carbonyl (C=O) groups is 2. The molecule has 2 heterocycles. The molecule has 150 valence electrons. The molecule has 2 N–H and O–H groups in total. The van der Waals surface area contributed by atoms with E-state index < -0.39 is 17.6 Å². The van der Waals surface area contributed by atoms with Crippen LogP contribution < -0.4 is 10.9 Å². The number of amides is 1. The average Bonchev–Trinajstić information content (AvgIpc) is 3.17. The van der Waals surface area contributed by atoms with Crippen molar-refractivity contribution in [2.75, 3.05) is 7.05 Å². The van der Waals surface area contributed by atoms with Crippen molar-refractivity contribution in [2.45, 2.75) is 32.0 Å². The van der Waals surface area contributed by atoms with Crippen LogP contribution in [0, 0.1) is 5.92 Å². The van der Waals surface area contributed by atoms with Crippen LogP contribution in [0.5, 0.6) is 0 Å². The predicted molar refractivity (Wildman–Crippen MR) is 108 cm³/mol. The molecular weight excluding hydrogens is 373 g/mol. The zero-order valence-corrected chi connectivity index (χ0v) is 16.1. The Kier molecular flexibility index (Phi) is 5.05. The van der Waals surface area contributed by atoms with Crippen LogP contribution in [0.15, 0.2) is 47.5 Å². The molecular formula is C22H22FN3O3. The van der Waals surface area contributed by atoms with Crippen LogP contribution in [0.3, 0.4) is 0 Å². The first-order chi connectivity index (χ1) is 14.0. The van der Waals surface area contributed by atoms with Crippen molar-refractivity contribution in [2.24, 2.45) is 5.92 Å². The number of nitrogens with zero attached hydrogens (tertiary/aromatic N) is 1. The first kappa shape index (κ1) is 19.1. The fourth-order valence-electron chi connectivity index (χ4n) is 3.88. The molecule has 4 rings (SSSR count). The molecule has 0 unspecified atom stereocenters. The fourth-order valence-corrected chi connectivity index (χ4v) is 3.88. The number of benzene rings is 1. The molecule has 29 heavy (non-hydrogen) atoms. The highest BCUT2D eigenvalue weighted by Crippen LogP contribution is 2.33. The largest absolute Gasteiger partial charge is 0.361 e. The molecule has 0 atom stereocenters. The number of hydrogen-bond acceptors (Lipinski definition) is 3. The van der Waals surface area contributed by atoms with Gasteiger partial charge >= 0.3 is 0 Å². The van der Waals surface area contributed by atoms with Crippen LogP contribution in [0.2, 0.25) is 0 Å². The minimum Gasteiger partial charge on any atom is -0.361 e. The van der Waals surface area contributed by atoms with Gasteiger partial charge in [0.25, 0.3) is 11.5 Å². The Morgan fingerprint density at radius 2 is 2.07 bits per heavy atom. The molecule has 6 nitrogen and oxygen atoms in total. The van der Waals surface area contributed by atoms with Gasteiger partial charge in [0.15, 0.2) is 5.78 Å². The number of aromatic amines is 1. The first-order valence-electron chi connectivity index (χ1n) is 9.65. The van der Waals surface area contributed by atoms with Gasteiger partial charge in [-0.25, -0.2) is 4.39 Å². The third-order valence-corrected chi connectivity index (χ3v) is 5.56. The summed E-state index contributed by atoms with van der Waals surface area (Å²) in [5, 5.41) is 3.43. The highest BCUT2D eigenvalue weighted by Gasteiger charge is 2.31. The van der Waals surface area contributed by atoms with E-state index in [-0.39, 0.29) is 30.2 Å². The normalized spacial score (nSPS) is 18.4. The maximum Gasteiger partial charge on any atom is 0.263 e. The first-order valence-corrected chi connectivity index (χ1v) is 9.65. The SMILES string of the molecule is CNC(=O)c1cc(C(=O)CC2CC(F)C2)cn(Cc2cccc3[nH]ccc23)c1=O. The van der Waals surface area contributed by atoms with Crippen molar-refractivity contribution in [1.29, 1.82) is 0 Å². The van der Waals surface area contributed by atoms with Crippen molar-refractivity contribution in [3.63, 3.8) is 0 Å². The van der Waals surface area contributed by atoms with E-state index in [0.29, 0.717) is 18.4 Å². The standard InChI is InChI=1S/C22H22FN3O3/c1-24-21(28)18-10-15(20(27)9-13-7-16(23)8-13)12-26(22(18)29)11-14-3-2-4-19-17(14)5-6-25-19/h2-6,10,12-13,16,25H,7-9,11H2,1H3,(H,24,28).